The molecule has 0 spiro atoms. The molecule has 6 heteroatoms. The lowest BCUT2D eigenvalue weighted by molar-refractivity contribution is -0.384. The number of non-ortho nitro benzene ring substituents is 1. The number of benzene rings is 2. The van der Waals surface area contributed by atoms with Crippen LogP contribution >= 0.6 is 11.6 Å². The first-order chi connectivity index (χ1) is 10.1. The number of para-hydroxylation sites is 1. The molecule has 0 saturated carbocycles. The molecule has 0 amide bonds. The van der Waals surface area contributed by atoms with E-state index in [2.05, 4.69) is 5.10 Å². The molecule has 0 aliphatic heterocycles. The van der Waals surface area contributed by atoms with Gasteiger partial charge < -0.3 is 0 Å². The highest BCUT2D eigenvalue weighted by Crippen LogP contribution is 2.26. The molecule has 21 heavy (non-hydrogen) atoms. The van der Waals surface area contributed by atoms with Crippen LogP contribution in [0.3, 0.4) is 0 Å². The van der Waals surface area contributed by atoms with Crippen LogP contribution in [0.2, 0.25) is 5.15 Å². The SMILES string of the molecule is O=[N+]([O-])c1ccc(-c2cc(Cl)n(-c3ccccc3)n2)cc1. The summed E-state index contributed by atoms with van der Waals surface area (Å²) in [6.07, 6.45) is 0. The van der Waals surface area contributed by atoms with Crippen molar-refractivity contribution in [1.29, 1.82) is 0 Å². The lowest BCUT2D eigenvalue weighted by Gasteiger charge is -2.01. The summed E-state index contributed by atoms with van der Waals surface area (Å²) >= 11 is 6.20. The van der Waals surface area contributed by atoms with Crippen molar-refractivity contribution in [3.8, 4) is 16.9 Å². The molecular formula is C15H10ClN3O2. The minimum atomic E-state index is -0.431. The van der Waals surface area contributed by atoms with Crippen molar-refractivity contribution < 1.29 is 4.92 Å². The van der Waals surface area contributed by atoms with Gasteiger partial charge >= 0.3 is 0 Å². The van der Waals surface area contributed by atoms with Gasteiger partial charge in [0.1, 0.15) is 5.15 Å². The molecule has 0 radical (unpaired) electrons. The topological polar surface area (TPSA) is 61.0 Å². The second-order valence-electron chi connectivity index (χ2n) is 4.40. The van der Waals surface area contributed by atoms with E-state index in [0.717, 1.165) is 11.3 Å². The Labute approximate surface area is 125 Å². The van der Waals surface area contributed by atoms with Gasteiger partial charge in [-0.1, -0.05) is 29.8 Å². The van der Waals surface area contributed by atoms with Gasteiger partial charge in [0.2, 0.25) is 0 Å². The van der Waals surface area contributed by atoms with Gasteiger partial charge in [-0.25, -0.2) is 4.68 Å². The maximum Gasteiger partial charge on any atom is 0.269 e. The van der Waals surface area contributed by atoms with Crippen molar-refractivity contribution in [1.82, 2.24) is 9.78 Å². The van der Waals surface area contributed by atoms with E-state index in [4.69, 9.17) is 11.6 Å². The summed E-state index contributed by atoms with van der Waals surface area (Å²) in [5.74, 6) is 0. The van der Waals surface area contributed by atoms with E-state index in [9.17, 15) is 10.1 Å². The number of aromatic nitrogens is 2. The van der Waals surface area contributed by atoms with Crippen LogP contribution in [0, 0.1) is 10.1 Å². The minimum Gasteiger partial charge on any atom is -0.258 e. The Hall–Kier alpha value is -2.66. The smallest absolute Gasteiger partial charge is 0.258 e. The Kier molecular flexibility index (Phi) is 3.41. The number of hydrogen-bond acceptors (Lipinski definition) is 3. The number of nitrogens with zero attached hydrogens (tertiary/aromatic N) is 3. The zero-order valence-corrected chi connectivity index (χ0v) is 11.6. The predicted molar refractivity (Wildman–Crippen MR) is 80.7 cm³/mol. The minimum absolute atomic E-state index is 0.0485. The van der Waals surface area contributed by atoms with Crippen LogP contribution in [0.15, 0.2) is 60.7 Å². The highest BCUT2D eigenvalue weighted by atomic mass is 35.5. The third-order valence-electron chi connectivity index (χ3n) is 3.04. The Balaban J connectivity index is 1.99. The van der Waals surface area contributed by atoms with Crippen LogP contribution < -0.4 is 0 Å². The molecule has 0 aliphatic rings. The summed E-state index contributed by atoms with van der Waals surface area (Å²) in [7, 11) is 0. The maximum absolute atomic E-state index is 10.7. The summed E-state index contributed by atoms with van der Waals surface area (Å²) in [4.78, 5) is 10.2. The van der Waals surface area contributed by atoms with E-state index in [1.165, 1.54) is 12.1 Å². The molecule has 1 aromatic heterocycles. The molecule has 0 atom stereocenters. The monoisotopic (exact) mass is 299 g/mol. The zero-order chi connectivity index (χ0) is 14.8. The number of hydrogen-bond donors (Lipinski definition) is 0. The molecule has 0 fully saturated rings. The standard InChI is InChI=1S/C15H10ClN3O2/c16-15-10-14(11-6-8-13(9-7-11)19(20)21)17-18(15)12-4-2-1-3-5-12/h1-10H. The first kappa shape index (κ1) is 13.3. The Morgan fingerprint density at radius 1 is 1.05 bits per heavy atom. The summed E-state index contributed by atoms with van der Waals surface area (Å²) in [5, 5.41) is 15.6. The van der Waals surface area contributed by atoms with Gasteiger partial charge in [0.15, 0.2) is 0 Å². The molecule has 3 rings (SSSR count). The Bertz CT molecular complexity index is 782. The lowest BCUT2D eigenvalue weighted by atomic mass is 10.1. The fourth-order valence-corrected chi connectivity index (χ4v) is 2.24. The normalized spacial score (nSPS) is 10.5. The first-order valence-electron chi connectivity index (χ1n) is 6.21. The van der Waals surface area contributed by atoms with Gasteiger partial charge in [-0.15, -0.1) is 0 Å². The summed E-state index contributed by atoms with van der Waals surface area (Å²) in [6.45, 7) is 0. The molecule has 3 aromatic rings. The largest absolute Gasteiger partial charge is 0.269 e. The van der Waals surface area contributed by atoms with Crippen molar-refractivity contribution in [3.63, 3.8) is 0 Å². The van der Waals surface area contributed by atoms with Gasteiger partial charge in [0.05, 0.1) is 16.3 Å². The van der Waals surface area contributed by atoms with Gasteiger partial charge in [0.25, 0.3) is 5.69 Å². The van der Waals surface area contributed by atoms with E-state index in [1.807, 2.05) is 30.3 Å². The average Bonchev–Trinajstić information content (AvgIpc) is 2.90. The molecule has 0 unspecified atom stereocenters. The summed E-state index contributed by atoms with van der Waals surface area (Å²) in [5.41, 5.74) is 2.35. The molecule has 0 saturated heterocycles. The molecule has 5 nitrogen and oxygen atoms in total. The Morgan fingerprint density at radius 2 is 1.71 bits per heavy atom. The van der Waals surface area contributed by atoms with E-state index in [0.29, 0.717) is 10.8 Å². The van der Waals surface area contributed by atoms with Crippen molar-refractivity contribution in [2.24, 2.45) is 0 Å². The quantitative estimate of drug-likeness (QED) is 0.540. The fraction of sp³-hybridized carbons (Fsp3) is 0. The van der Waals surface area contributed by atoms with Crippen molar-refractivity contribution in [3.05, 3.63) is 75.9 Å². The van der Waals surface area contributed by atoms with Crippen LogP contribution in [0.5, 0.6) is 0 Å². The summed E-state index contributed by atoms with van der Waals surface area (Å²) < 4.78 is 1.62. The average molecular weight is 300 g/mol. The zero-order valence-electron chi connectivity index (χ0n) is 10.8. The van der Waals surface area contributed by atoms with E-state index in [-0.39, 0.29) is 5.69 Å². The van der Waals surface area contributed by atoms with Gasteiger partial charge in [-0.3, -0.25) is 10.1 Å². The van der Waals surface area contributed by atoms with Crippen molar-refractivity contribution in [2.75, 3.05) is 0 Å². The molecule has 1 heterocycles. The van der Waals surface area contributed by atoms with Crippen molar-refractivity contribution in [2.45, 2.75) is 0 Å². The van der Waals surface area contributed by atoms with E-state index >= 15 is 0 Å². The molecule has 104 valence electrons. The molecule has 0 bridgehead atoms. The van der Waals surface area contributed by atoms with E-state index in [1.54, 1.807) is 22.9 Å². The number of halogens is 1. The second kappa shape index (κ2) is 5.38. The van der Waals surface area contributed by atoms with Crippen LogP contribution in [0.4, 0.5) is 5.69 Å². The molecule has 0 N–H and O–H groups in total. The highest BCUT2D eigenvalue weighted by molar-refractivity contribution is 6.30. The van der Waals surface area contributed by atoms with E-state index < -0.39 is 4.92 Å². The first-order valence-corrected chi connectivity index (χ1v) is 6.59. The van der Waals surface area contributed by atoms with Crippen LogP contribution in [-0.2, 0) is 0 Å². The van der Waals surface area contributed by atoms with Crippen LogP contribution in [0.1, 0.15) is 0 Å². The lowest BCUT2D eigenvalue weighted by Crippen LogP contribution is -1.96. The van der Waals surface area contributed by atoms with Crippen molar-refractivity contribution >= 4 is 17.3 Å². The molecule has 0 aliphatic carbocycles. The number of nitro groups is 1. The third-order valence-corrected chi connectivity index (χ3v) is 3.31. The third kappa shape index (κ3) is 2.64. The second-order valence-corrected chi connectivity index (χ2v) is 4.79. The number of rotatable bonds is 3. The summed E-state index contributed by atoms with van der Waals surface area (Å²) in [6, 6.07) is 17.5. The molecule has 2 aromatic carbocycles. The van der Waals surface area contributed by atoms with Gasteiger partial charge in [0, 0.05) is 23.8 Å². The van der Waals surface area contributed by atoms with Crippen LogP contribution in [0.25, 0.3) is 16.9 Å². The Morgan fingerprint density at radius 3 is 2.33 bits per heavy atom. The highest BCUT2D eigenvalue weighted by Gasteiger charge is 2.11. The van der Waals surface area contributed by atoms with Gasteiger partial charge in [-0.2, -0.15) is 5.10 Å². The maximum atomic E-state index is 10.7. The van der Waals surface area contributed by atoms with Crippen LogP contribution in [-0.4, -0.2) is 14.7 Å². The predicted octanol–water partition coefficient (Wildman–Crippen LogP) is 4.10. The number of nitro benzene ring substituents is 1. The van der Waals surface area contributed by atoms with Gasteiger partial charge in [-0.05, 0) is 24.3 Å². The fourth-order valence-electron chi connectivity index (χ4n) is 2.00. The molecular weight excluding hydrogens is 290 g/mol.